The molecule has 0 radical (unpaired) electrons. The van der Waals surface area contributed by atoms with Gasteiger partial charge in [-0.25, -0.2) is 9.97 Å². The normalized spacial score (nSPS) is 17.9. The van der Waals surface area contributed by atoms with Crippen LogP contribution < -0.4 is 0 Å². The van der Waals surface area contributed by atoms with E-state index in [0.29, 0.717) is 6.04 Å². The highest BCUT2D eigenvalue weighted by Crippen LogP contribution is 2.32. The fourth-order valence-electron chi connectivity index (χ4n) is 3.64. The average Bonchev–Trinajstić information content (AvgIpc) is 3.32. The number of pyridine rings is 2. The molecule has 0 aliphatic carbocycles. The third-order valence-corrected chi connectivity index (χ3v) is 4.85. The fourth-order valence-corrected chi connectivity index (χ4v) is 3.64. The molecule has 4 heterocycles. The van der Waals surface area contributed by atoms with Crippen molar-refractivity contribution in [3.63, 3.8) is 0 Å². The van der Waals surface area contributed by atoms with E-state index in [9.17, 15) is 0 Å². The van der Waals surface area contributed by atoms with Crippen LogP contribution >= 0.6 is 0 Å². The van der Waals surface area contributed by atoms with Crippen LogP contribution in [0.1, 0.15) is 42.9 Å². The predicted octanol–water partition coefficient (Wildman–Crippen LogP) is 3.56. The molecule has 0 spiro atoms. The van der Waals surface area contributed by atoms with Crippen molar-refractivity contribution in [1.82, 2.24) is 24.4 Å². The third-order valence-electron chi connectivity index (χ3n) is 4.85. The molecular weight excluding hydrogens is 310 g/mol. The SMILES string of the molecule is CCc1nccn1-c1cccc([C@H]2CCCN2Cc2cccnc2)n1. The molecule has 4 rings (SSSR count). The molecule has 1 saturated heterocycles. The molecule has 5 heteroatoms. The van der Waals surface area contributed by atoms with Gasteiger partial charge in [-0.2, -0.15) is 0 Å². The lowest BCUT2D eigenvalue weighted by Crippen LogP contribution is -2.23. The molecule has 0 saturated carbocycles. The van der Waals surface area contributed by atoms with Crippen molar-refractivity contribution >= 4 is 0 Å². The zero-order valence-corrected chi connectivity index (χ0v) is 14.5. The Hall–Kier alpha value is -2.53. The largest absolute Gasteiger partial charge is 0.290 e. The van der Waals surface area contributed by atoms with Crippen molar-refractivity contribution < 1.29 is 0 Å². The Balaban J connectivity index is 1.59. The van der Waals surface area contributed by atoms with Crippen LogP contribution in [0, 0.1) is 0 Å². The smallest absolute Gasteiger partial charge is 0.138 e. The molecule has 1 fully saturated rings. The van der Waals surface area contributed by atoms with Crippen molar-refractivity contribution in [2.75, 3.05) is 6.54 Å². The molecule has 1 atom stereocenters. The standard InChI is InChI=1S/C20H23N5/c1-2-19-22-11-13-25(19)20-9-3-7-17(23-20)18-8-5-12-24(18)15-16-6-4-10-21-14-16/h3-4,6-7,9-11,13-14,18H,2,5,8,12,15H2,1H3/t18-/m1/s1. The minimum Gasteiger partial charge on any atom is -0.290 e. The number of aryl methyl sites for hydroxylation is 1. The van der Waals surface area contributed by atoms with Crippen LogP contribution in [0.3, 0.4) is 0 Å². The molecule has 25 heavy (non-hydrogen) atoms. The Morgan fingerprint density at radius 1 is 1.16 bits per heavy atom. The van der Waals surface area contributed by atoms with Gasteiger partial charge < -0.3 is 0 Å². The molecule has 128 valence electrons. The van der Waals surface area contributed by atoms with E-state index >= 15 is 0 Å². The van der Waals surface area contributed by atoms with Gasteiger partial charge in [0, 0.05) is 37.8 Å². The lowest BCUT2D eigenvalue weighted by molar-refractivity contribution is 0.244. The number of aromatic nitrogens is 4. The van der Waals surface area contributed by atoms with E-state index in [0.717, 1.165) is 43.3 Å². The number of rotatable bonds is 5. The maximum atomic E-state index is 4.96. The van der Waals surface area contributed by atoms with Crippen LogP contribution in [-0.2, 0) is 13.0 Å². The second-order valence-electron chi connectivity index (χ2n) is 6.48. The first-order valence-corrected chi connectivity index (χ1v) is 8.97. The van der Waals surface area contributed by atoms with Gasteiger partial charge >= 0.3 is 0 Å². The zero-order chi connectivity index (χ0) is 17.1. The molecule has 0 bridgehead atoms. The fraction of sp³-hybridized carbons (Fsp3) is 0.350. The maximum Gasteiger partial charge on any atom is 0.138 e. The highest BCUT2D eigenvalue weighted by Gasteiger charge is 2.27. The van der Waals surface area contributed by atoms with Gasteiger partial charge in [-0.3, -0.25) is 14.5 Å². The van der Waals surface area contributed by atoms with E-state index in [4.69, 9.17) is 4.98 Å². The minimum absolute atomic E-state index is 0.369. The van der Waals surface area contributed by atoms with Gasteiger partial charge in [0.1, 0.15) is 11.6 Å². The van der Waals surface area contributed by atoms with E-state index in [1.54, 1.807) is 0 Å². The predicted molar refractivity (Wildman–Crippen MR) is 97.4 cm³/mol. The molecule has 0 amide bonds. The Bertz CT molecular complexity index is 827. The number of imidazole rings is 1. The van der Waals surface area contributed by atoms with Crippen molar-refractivity contribution in [3.05, 3.63) is 72.2 Å². The van der Waals surface area contributed by atoms with Gasteiger partial charge in [-0.05, 0) is 43.1 Å². The molecule has 5 nitrogen and oxygen atoms in total. The number of hydrogen-bond acceptors (Lipinski definition) is 4. The average molecular weight is 333 g/mol. The van der Waals surface area contributed by atoms with Gasteiger partial charge in [0.25, 0.3) is 0 Å². The summed E-state index contributed by atoms with van der Waals surface area (Å²) in [5.74, 6) is 2.00. The first-order chi connectivity index (χ1) is 12.3. The highest BCUT2D eigenvalue weighted by atomic mass is 15.2. The third kappa shape index (κ3) is 3.33. The van der Waals surface area contributed by atoms with Gasteiger partial charge in [0.05, 0.1) is 11.7 Å². The van der Waals surface area contributed by atoms with Crippen LogP contribution in [0.4, 0.5) is 0 Å². The Labute approximate surface area is 148 Å². The topological polar surface area (TPSA) is 46.8 Å². The molecule has 0 N–H and O–H groups in total. The van der Waals surface area contributed by atoms with E-state index in [1.165, 1.54) is 12.0 Å². The number of nitrogens with zero attached hydrogens (tertiary/aromatic N) is 5. The second-order valence-corrected chi connectivity index (χ2v) is 6.48. The summed E-state index contributed by atoms with van der Waals surface area (Å²) in [6, 6.07) is 10.8. The van der Waals surface area contributed by atoms with Crippen molar-refractivity contribution in [2.24, 2.45) is 0 Å². The van der Waals surface area contributed by atoms with Crippen molar-refractivity contribution in [2.45, 2.75) is 38.8 Å². The van der Waals surface area contributed by atoms with Gasteiger partial charge in [0.2, 0.25) is 0 Å². The summed E-state index contributed by atoms with van der Waals surface area (Å²) in [5.41, 5.74) is 2.41. The van der Waals surface area contributed by atoms with Crippen LogP contribution in [0.5, 0.6) is 0 Å². The Morgan fingerprint density at radius 3 is 2.96 bits per heavy atom. The van der Waals surface area contributed by atoms with Crippen LogP contribution in [0.25, 0.3) is 5.82 Å². The minimum atomic E-state index is 0.369. The van der Waals surface area contributed by atoms with Crippen LogP contribution in [0.15, 0.2) is 55.1 Å². The monoisotopic (exact) mass is 333 g/mol. The number of likely N-dealkylation sites (tertiary alicyclic amines) is 1. The maximum absolute atomic E-state index is 4.96. The molecule has 1 aliphatic heterocycles. The summed E-state index contributed by atoms with van der Waals surface area (Å²) in [6.07, 6.45) is 10.9. The zero-order valence-electron chi connectivity index (χ0n) is 14.5. The van der Waals surface area contributed by atoms with Gasteiger partial charge in [-0.1, -0.05) is 19.1 Å². The van der Waals surface area contributed by atoms with E-state index in [1.807, 2.05) is 30.9 Å². The first-order valence-electron chi connectivity index (χ1n) is 8.97. The number of hydrogen-bond donors (Lipinski definition) is 0. The summed E-state index contributed by atoms with van der Waals surface area (Å²) in [7, 11) is 0. The molecule has 3 aromatic heterocycles. The highest BCUT2D eigenvalue weighted by molar-refractivity contribution is 5.28. The molecule has 1 aliphatic rings. The van der Waals surface area contributed by atoms with Crippen molar-refractivity contribution in [1.29, 1.82) is 0 Å². The summed E-state index contributed by atoms with van der Waals surface area (Å²) in [5, 5.41) is 0. The lowest BCUT2D eigenvalue weighted by Gasteiger charge is -2.24. The summed E-state index contributed by atoms with van der Waals surface area (Å²) in [6.45, 7) is 4.15. The molecule has 3 aromatic rings. The molecule has 0 unspecified atom stereocenters. The molecule has 0 aromatic carbocycles. The quantitative estimate of drug-likeness (QED) is 0.716. The Morgan fingerprint density at radius 2 is 2.12 bits per heavy atom. The summed E-state index contributed by atoms with van der Waals surface area (Å²) < 4.78 is 2.09. The van der Waals surface area contributed by atoms with Gasteiger partial charge in [-0.15, -0.1) is 0 Å². The van der Waals surface area contributed by atoms with Crippen molar-refractivity contribution in [3.8, 4) is 5.82 Å². The summed E-state index contributed by atoms with van der Waals surface area (Å²) in [4.78, 5) is 16.1. The van der Waals surface area contributed by atoms with Gasteiger partial charge in [0.15, 0.2) is 0 Å². The van der Waals surface area contributed by atoms with E-state index in [-0.39, 0.29) is 0 Å². The van der Waals surface area contributed by atoms with E-state index < -0.39 is 0 Å². The molecular formula is C20H23N5. The lowest BCUT2D eigenvalue weighted by atomic mass is 10.1. The van der Waals surface area contributed by atoms with E-state index in [2.05, 4.69) is 50.6 Å². The Kier molecular flexibility index (Phi) is 4.57. The van der Waals surface area contributed by atoms with Crippen LogP contribution in [0.2, 0.25) is 0 Å². The van der Waals surface area contributed by atoms with Crippen LogP contribution in [-0.4, -0.2) is 31.0 Å². The summed E-state index contributed by atoms with van der Waals surface area (Å²) >= 11 is 0. The first kappa shape index (κ1) is 16.0. The second kappa shape index (κ2) is 7.15.